The number of rotatable bonds is 5. The van der Waals surface area contributed by atoms with E-state index in [1.54, 1.807) is 33.7 Å². The molecule has 0 bridgehead atoms. The number of nitrogens with zero attached hydrogens (tertiary/aromatic N) is 3. The molecule has 0 spiro atoms. The zero-order valence-electron chi connectivity index (χ0n) is 18.5. The van der Waals surface area contributed by atoms with E-state index >= 15 is 0 Å². The van der Waals surface area contributed by atoms with E-state index in [9.17, 15) is 18.4 Å². The molecule has 0 radical (unpaired) electrons. The molecule has 5 rings (SSSR count). The van der Waals surface area contributed by atoms with Gasteiger partial charge in [-0.2, -0.15) is 5.10 Å². The third kappa shape index (κ3) is 4.03. The Labute approximate surface area is 198 Å². The first-order valence-electron chi connectivity index (χ1n) is 10.9. The maximum atomic E-state index is 13.9. The van der Waals surface area contributed by atoms with Gasteiger partial charge in [-0.25, -0.2) is 13.9 Å². The lowest BCUT2D eigenvalue weighted by atomic mass is 9.99. The Kier molecular flexibility index (Phi) is 5.56. The highest BCUT2D eigenvalue weighted by molar-refractivity contribution is 5.92. The zero-order valence-corrected chi connectivity index (χ0v) is 18.5. The molecule has 2 aromatic heterocycles. The molecular weight excluding hydrogens is 456 g/mol. The molecule has 0 unspecified atom stereocenters. The molecule has 8 nitrogen and oxygen atoms in total. The van der Waals surface area contributed by atoms with E-state index in [-0.39, 0.29) is 29.0 Å². The molecule has 2 aromatic carbocycles. The van der Waals surface area contributed by atoms with Gasteiger partial charge in [0.25, 0.3) is 5.56 Å². The number of likely N-dealkylation sites (tertiary alicyclic amines) is 1. The standard InChI is InChI=1S/C25H21F2N5O3/c1-2-21(33)31-10-9-14(12-31)18-13-32(23-22(18)25(34)30-29-24(23)28)16-4-6-17(7-5-16)35-20-11-15(26)3-8-19(20)27/h2-8,11,13-14H,1,9-10,12H2,(H2,28,29)(H,30,34)/t14-/m1/s1. The number of nitrogens with two attached hydrogens (primary N) is 1. The minimum Gasteiger partial charge on any atom is -0.454 e. The summed E-state index contributed by atoms with van der Waals surface area (Å²) in [5.74, 6) is -1.31. The first kappa shape index (κ1) is 22.3. The maximum absolute atomic E-state index is 13.9. The summed E-state index contributed by atoms with van der Waals surface area (Å²) in [6.07, 6.45) is 3.79. The first-order valence-corrected chi connectivity index (χ1v) is 10.9. The van der Waals surface area contributed by atoms with Gasteiger partial charge in [-0.05, 0) is 54.5 Å². The molecule has 0 aliphatic carbocycles. The molecule has 4 aromatic rings. The summed E-state index contributed by atoms with van der Waals surface area (Å²) in [6, 6.07) is 9.58. The van der Waals surface area contributed by atoms with Crippen LogP contribution in [0.25, 0.3) is 16.6 Å². The second-order valence-corrected chi connectivity index (χ2v) is 8.26. The van der Waals surface area contributed by atoms with Gasteiger partial charge < -0.3 is 19.9 Å². The number of ether oxygens (including phenoxy) is 1. The van der Waals surface area contributed by atoms with E-state index < -0.39 is 11.6 Å². The van der Waals surface area contributed by atoms with Gasteiger partial charge in [0.15, 0.2) is 17.4 Å². The maximum Gasteiger partial charge on any atom is 0.274 e. The van der Waals surface area contributed by atoms with Gasteiger partial charge in [0.05, 0.1) is 5.39 Å². The smallest absolute Gasteiger partial charge is 0.274 e. The number of aromatic nitrogens is 3. The van der Waals surface area contributed by atoms with E-state index in [1.165, 1.54) is 6.08 Å². The predicted octanol–water partition coefficient (Wildman–Crippen LogP) is 3.87. The van der Waals surface area contributed by atoms with Crippen molar-refractivity contribution in [3.05, 3.63) is 88.9 Å². The van der Waals surface area contributed by atoms with Crippen molar-refractivity contribution in [2.75, 3.05) is 18.8 Å². The third-order valence-electron chi connectivity index (χ3n) is 6.13. The van der Waals surface area contributed by atoms with Crippen LogP contribution in [0.5, 0.6) is 11.5 Å². The number of fused-ring (bicyclic) bond motifs is 1. The summed E-state index contributed by atoms with van der Waals surface area (Å²) in [7, 11) is 0. The Morgan fingerprint density at radius 2 is 2.00 bits per heavy atom. The number of carbonyl (C=O) groups is 1. The van der Waals surface area contributed by atoms with Gasteiger partial charge in [-0.3, -0.25) is 9.59 Å². The average molecular weight is 477 g/mol. The summed E-state index contributed by atoms with van der Waals surface area (Å²) < 4.78 is 34.6. The molecule has 1 amide bonds. The van der Waals surface area contributed by atoms with Gasteiger partial charge in [0.2, 0.25) is 5.91 Å². The fraction of sp³-hybridized carbons (Fsp3) is 0.160. The van der Waals surface area contributed by atoms with Crippen LogP contribution < -0.4 is 16.0 Å². The quantitative estimate of drug-likeness (QED) is 0.425. The monoisotopic (exact) mass is 477 g/mol. The van der Waals surface area contributed by atoms with Crippen LogP contribution in [0.15, 0.2) is 66.1 Å². The molecule has 3 heterocycles. The number of nitrogen functional groups attached to an aromatic ring is 1. The number of aromatic amines is 1. The van der Waals surface area contributed by atoms with Crippen LogP contribution >= 0.6 is 0 Å². The molecule has 1 aliphatic heterocycles. The molecule has 3 N–H and O–H groups in total. The summed E-state index contributed by atoms with van der Waals surface area (Å²) in [4.78, 5) is 26.5. The molecule has 0 saturated carbocycles. The largest absolute Gasteiger partial charge is 0.454 e. The van der Waals surface area contributed by atoms with Crippen LogP contribution in [0.1, 0.15) is 17.9 Å². The van der Waals surface area contributed by atoms with Crippen molar-refractivity contribution in [2.24, 2.45) is 0 Å². The second-order valence-electron chi connectivity index (χ2n) is 8.26. The summed E-state index contributed by atoms with van der Waals surface area (Å²) in [6.45, 7) is 4.56. The Balaban J connectivity index is 1.53. The summed E-state index contributed by atoms with van der Waals surface area (Å²) in [5.41, 5.74) is 7.64. The van der Waals surface area contributed by atoms with Crippen LogP contribution in [0.2, 0.25) is 0 Å². The molecule has 1 aliphatic rings. The lowest BCUT2D eigenvalue weighted by Crippen LogP contribution is -2.26. The molecule has 1 fully saturated rings. The molecule has 35 heavy (non-hydrogen) atoms. The number of amides is 1. The normalized spacial score (nSPS) is 15.5. The minimum atomic E-state index is -0.685. The highest BCUT2D eigenvalue weighted by atomic mass is 19.1. The molecular formula is C25H21F2N5O3. The number of benzene rings is 2. The van der Waals surface area contributed by atoms with Crippen molar-refractivity contribution >= 4 is 22.6 Å². The first-order chi connectivity index (χ1) is 16.9. The molecule has 1 saturated heterocycles. The van der Waals surface area contributed by atoms with Crippen molar-refractivity contribution in [1.82, 2.24) is 19.7 Å². The number of halogens is 2. The van der Waals surface area contributed by atoms with Crippen molar-refractivity contribution in [1.29, 1.82) is 0 Å². The topological polar surface area (TPSA) is 106 Å². The van der Waals surface area contributed by atoms with E-state index in [0.717, 1.165) is 23.8 Å². The average Bonchev–Trinajstić information content (AvgIpc) is 3.50. The molecule has 178 valence electrons. The van der Waals surface area contributed by atoms with E-state index in [0.29, 0.717) is 41.9 Å². The number of hydrogen-bond acceptors (Lipinski definition) is 5. The lowest BCUT2D eigenvalue weighted by Gasteiger charge is -2.13. The van der Waals surface area contributed by atoms with Gasteiger partial charge >= 0.3 is 0 Å². The Bertz CT molecular complexity index is 1510. The number of carbonyl (C=O) groups excluding carboxylic acids is 1. The van der Waals surface area contributed by atoms with E-state index in [4.69, 9.17) is 10.5 Å². The number of H-pyrrole nitrogens is 1. The van der Waals surface area contributed by atoms with Crippen LogP contribution in [-0.2, 0) is 4.79 Å². The SMILES string of the molecule is C=CC(=O)N1CC[C@@H](c2cn(-c3ccc(Oc4cc(F)ccc4F)cc3)c3c(N)n[nH]c(=O)c23)C1. The summed E-state index contributed by atoms with van der Waals surface area (Å²) >= 11 is 0. The van der Waals surface area contributed by atoms with E-state index in [1.807, 2.05) is 6.20 Å². The zero-order chi connectivity index (χ0) is 24.7. The highest BCUT2D eigenvalue weighted by Gasteiger charge is 2.30. The van der Waals surface area contributed by atoms with E-state index in [2.05, 4.69) is 16.8 Å². The predicted molar refractivity (Wildman–Crippen MR) is 127 cm³/mol. The van der Waals surface area contributed by atoms with Crippen LogP contribution in [0, 0.1) is 11.6 Å². The summed E-state index contributed by atoms with van der Waals surface area (Å²) in [5, 5.41) is 6.77. The van der Waals surface area contributed by atoms with Crippen molar-refractivity contribution < 1.29 is 18.3 Å². The number of nitrogens with one attached hydrogen (secondary N) is 1. The van der Waals surface area contributed by atoms with Crippen molar-refractivity contribution in [3.8, 4) is 17.2 Å². The fourth-order valence-corrected chi connectivity index (χ4v) is 4.45. The Morgan fingerprint density at radius 1 is 1.23 bits per heavy atom. The number of anilines is 1. The Hall–Kier alpha value is -4.47. The lowest BCUT2D eigenvalue weighted by molar-refractivity contribution is -0.125. The molecule has 10 heteroatoms. The number of hydrogen-bond donors (Lipinski definition) is 2. The second kappa shape index (κ2) is 8.71. The Morgan fingerprint density at radius 3 is 2.74 bits per heavy atom. The van der Waals surface area contributed by atoms with Gasteiger partial charge in [-0.15, -0.1) is 0 Å². The van der Waals surface area contributed by atoms with Crippen molar-refractivity contribution in [3.63, 3.8) is 0 Å². The third-order valence-corrected chi connectivity index (χ3v) is 6.13. The van der Waals surface area contributed by atoms with Crippen molar-refractivity contribution in [2.45, 2.75) is 12.3 Å². The van der Waals surface area contributed by atoms with Crippen LogP contribution in [0.4, 0.5) is 14.6 Å². The van der Waals surface area contributed by atoms with Gasteiger partial charge in [0.1, 0.15) is 17.1 Å². The highest BCUT2D eigenvalue weighted by Crippen LogP contribution is 2.35. The minimum absolute atomic E-state index is 0.0656. The van der Waals surface area contributed by atoms with Gasteiger partial charge in [-0.1, -0.05) is 6.58 Å². The van der Waals surface area contributed by atoms with Crippen LogP contribution in [-0.4, -0.2) is 38.7 Å². The van der Waals surface area contributed by atoms with Crippen LogP contribution in [0.3, 0.4) is 0 Å². The molecule has 1 atom stereocenters. The van der Waals surface area contributed by atoms with Gasteiger partial charge in [0, 0.05) is 37.0 Å². The fourth-order valence-electron chi connectivity index (χ4n) is 4.45.